The number of nitrogens with zero attached hydrogens (tertiary/aromatic N) is 1. The van der Waals surface area contributed by atoms with Crippen LogP contribution in [0.1, 0.15) is 33.6 Å². The summed E-state index contributed by atoms with van der Waals surface area (Å²) in [5.74, 6) is 0. The highest BCUT2D eigenvalue weighted by atomic mass is 16.3. The molecule has 1 aliphatic heterocycles. The van der Waals surface area contributed by atoms with E-state index in [4.69, 9.17) is 0 Å². The van der Waals surface area contributed by atoms with E-state index in [1.54, 1.807) is 0 Å². The van der Waals surface area contributed by atoms with Crippen molar-refractivity contribution in [3.8, 4) is 0 Å². The molecule has 1 fully saturated rings. The van der Waals surface area contributed by atoms with E-state index in [9.17, 15) is 9.90 Å². The van der Waals surface area contributed by atoms with Gasteiger partial charge in [-0.3, -0.25) is 0 Å². The third-order valence-electron chi connectivity index (χ3n) is 2.76. The number of hydrogen-bond donors (Lipinski definition) is 3. The van der Waals surface area contributed by atoms with E-state index in [-0.39, 0.29) is 17.7 Å². The molecule has 1 aliphatic rings. The molecule has 0 saturated carbocycles. The Morgan fingerprint density at radius 1 is 1.35 bits per heavy atom. The second-order valence-electron chi connectivity index (χ2n) is 5.70. The molecule has 0 atom stereocenters. The van der Waals surface area contributed by atoms with Gasteiger partial charge in [0.05, 0.1) is 6.10 Å². The lowest BCUT2D eigenvalue weighted by Crippen LogP contribution is -2.48. The fraction of sp³-hybridized carbons (Fsp3) is 0.917. The summed E-state index contributed by atoms with van der Waals surface area (Å²) >= 11 is 0. The fourth-order valence-corrected chi connectivity index (χ4v) is 1.86. The summed E-state index contributed by atoms with van der Waals surface area (Å²) in [4.78, 5) is 13.7. The molecular weight excluding hydrogens is 218 g/mol. The van der Waals surface area contributed by atoms with E-state index in [1.165, 1.54) is 0 Å². The zero-order valence-corrected chi connectivity index (χ0v) is 11.1. The summed E-state index contributed by atoms with van der Waals surface area (Å²) < 4.78 is 0. The number of rotatable bonds is 3. The molecule has 0 aromatic rings. The van der Waals surface area contributed by atoms with Crippen molar-refractivity contribution in [1.82, 2.24) is 15.5 Å². The predicted molar refractivity (Wildman–Crippen MR) is 68.0 cm³/mol. The van der Waals surface area contributed by atoms with Crippen LogP contribution in [0.25, 0.3) is 0 Å². The van der Waals surface area contributed by atoms with Crippen molar-refractivity contribution in [1.29, 1.82) is 0 Å². The number of piperidine rings is 1. The van der Waals surface area contributed by atoms with Crippen LogP contribution >= 0.6 is 0 Å². The summed E-state index contributed by atoms with van der Waals surface area (Å²) in [7, 11) is 0. The standard InChI is InChI=1S/C12H25N3O2/c1-12(2,3)14-11(17)13-6-9-15-7-4-10(16)5-8-15/h10,16H,4-9H2,1-3H3,(H2,13,14,17). The molecule has 1 rings (SSSR count). The monoisotopic (exact) mass is 243 g/mol. The Kier molecular flexibility index (Phi) is 5.21. The predicted octanol–water partition coefficient (Wildman–Crippen LogP) is 0.541. The molecular formula is C12H25N3O2. The largest absolute Gasteiger partial charge is 0.393 e. The number of urea groups is 1. The molecule has 0 aliphatic carbocycles. The van der Waals surface area contributed by atoms with E-state index in [1.807, 2.05) is 20.8 Å². The highest BCUT2D eigenvalue weighted by Crippen LogP contribution is 2.08. The molecule has 2 amide bonds. The molecule has 5 heteroatoms. The van der Waals surface area contributed by atoms with Gasteiger partial charge in [0.1, 0.15) is 0 Å². The highest BCUT2D eigenvalue weighted by molar-refractivity contribution is 5.74. The number of aliphatic hydroxyl groups excluding tert-OH is 1. The van der Waals surface area contributed by atoms with Gasteiger partial charge in [-0.15, -0.1) is 0 Å². The normalized spacial score (nSPS) is 19.1. The van der Waals surface area contributed by atoms with E-state index in [0.29, 0.717) is 6.54 Å². The summed E-state index contributed by atoms with van der Waals surface area (Å²) in [5.41, 5.74) is -0.195. The third kappa shape index (κ3) is 6.48. The first-order valence-electron chi connectivity index (χ1n) is 6.33. The lowest BCUT2D eigenvalue weighted by molar-refractivity contribution is 0.0832. The second-order valence-corrected chi connectivity index (χ2v) is 5.70. The molecule has 17 heavy (non-hydrogen) atoms. The summed E-state index contributed by atoms with van der Waals surface area (Å²) in [6.07, 6.45) is 1.55. The van der Waals surface area contributed by atoms with Crippen molar-refractivity contribution in [3.63, 3.8) is 0 Å². The molecule has 0 aromatic heterocycles. The maximum absolute atomic E-state index is 11.5. The molecule has 0 radical (unpaired) electrons. The Balaban J connectivity index is 2.09. The van der Waals surface area contributed by atoms with Crippen LogP contribution in [0.4, 0.5) is 4.79 Å². The topological polar surface area (TPSA) is 64.6 Å². The Labute approximate surface area is 104 Å². The van der Waals surface area contributed by atoms with Crippen molar-refractivity contribution in [2.45, 2.75) is 45.3 Å². The number of hydrogen-bond acceptors (Lipinski definition) is 3. The molecule has 0 spiro atoms. The van der Waals surface area contributed by atoms with E-state index in [2.05, 4.69) is 15.5 Å². The minimum absolute atomic E-state index is 0.116. The van der Waals surface area contributed by atoms with Crippen molar-refractivity contribution in [3.05, 3.63) is 0 Å². The smallest absolute Gasteiger partial charge is 0.315 e. The van der Waals surface area contributed by atoms with Crippen LogP contribution in [0.2, 0.25) is 0 Å². The molecule has 5 nitrogen and oxygen atoms in total. The first kappa shape index (κ1) is 14.3. The SMILES string of the molecule is CC(C)(C)NC(=O)NCCN1CCC(O)CC1. The van der Waals surface area contributed by atoms with Crippen LogP contribution in [-0.4, -0.2) is 53.9 Å². The maximum atomic E-state index is 11.5. The number of aliphatic hydroxyl groups is 1. The van der Waals surface area contributed by atoms with Gasteiger partial charge < -0.3 is 20.6 Å². The molecule has 0 unspecified atom stereocenters. The van der Waals surface area contributed by atoms with Crippen molar-refractivity contribution in [2.24, 2.45) is 0 Å². The quantitative estimate of drug-likeness (QED) is 0.678. The van der Waals surface area contributed by atoms with Crippen LogP contribution in [-0.2, 0) is 0 Å². The minimum atomic E-state index is -0.195. The summed E-state index contributed by atoms with van der Waals surface area (Å²) in [5, 5.41) is 15.1. The average molecular weight is 243 g/mol. The Morgan fingerprint density at radius 2 is 1.94 bits per heavy atom. The Bertz CT molecular complexity index is 243. The Hall–Kier alpha value is -0.810. The van der Waals surface area contributed by atoms with Crippen molar-refractivity contribution in [2.75, 3.05) is 26.2 Å². The van der Waals surface area contributed by atoms with Gasteiger partial charge in [0, 0.05) is 31.7 Å². The van der Waals surface area contributed by atoms with Crippen LogP contribution in [0.5, 0.6) is 0 Å². The van der Waals surface area contributed by atoms with Gasteiger partial charge in [-0.2, -0.15) is 0 Å². The minimum Gasteiger partial charge on any atom is -0.393 e. The number of carbonyl (C=O) groups excluding carboxylic acids is 1. The molecule has 3 N–H and O–H groups in total. The van der Waals surface area contributed by atoms with Gasteiger partial charge in [-0.1, -0.05) is 0 Å². The van der Waals surface area contributed by atoms with E-state index < -0.39 is 0 Å². The average Bonchev–Trinajstić information content (AvgIpc) is 2.18. The number of amides is 2. The molecule has 0 aromatic carbocycles. The van der Waals surface area contributed by atoms with Gasteiger partial charge >= 0.3 is 6.03 Å². The van der Waals surface area contributed by atoms with Gasteiger partial charge in [0.15, 0.2) is 0 Å². The number of nitrogens with one attached hydrogen (secondary N) is 2. The van der Waals surface area contributed by atoms with Crippen molar-refractivity contribution < 1.29 is 9.90 Å². The first-order valence-corrected chi connectivity index (χ1v) is 6.33. The second kappa shape index (κ2) is 6.21. The fourth-order valence-electron chi connectivity index (χ4n) is 1.86. The van der Waals surface area contributed by atoms with Gasteiger partial charge in [0.25, 0.3) is 0 Å². The van der Waals surface area contributed by atoms with Gasteiger partial charge in [-0.05, 0) is 33.6 Å². The van der Waals surface area contributed by atoms with Crippen LogP contribution in [0.3, 0.4) is 0 Å². The van der Waals surface area contributed by atoms with E-state index >= 15 is 0 Å². The lowest BCUT2D eigenvalue weighted by Gasteiger charge is -2.29. The molecule has 1 saturated heterocycles. The summed E-state index contributed by atoms with van der Waals surface area (Å²) in [6, 6.07) is -0.116. The number of likely N-dealkylation sites (tertiary alicyclic amines) is 1. The van der Waals surface area contributed by atoms with Crippen LogP contribution in [0, 0.1) is 0 Å². The molecule has 100 valence electrons. The lowest BCUT2D eigenvalue weighted by atomic mass is 10.1. The van der Waals surface area contributed by atoms with Gasteiger partial charge in [0.2, 0.25) is 0 Å². The zero-order chi connectivity index (χ0) is 12.9. The van der Waals surface area contributed by atoms with Crippen molar-refractivity contribution >= 4 is 6.03 Å². The molecule has 1 heterocycles. The highest BCUT2D eigenvalue weighted by Gasteiger charge is 2.17. The Morgan fingerprint density at radius 3 is 2.47 bits per heavy atom. The van der Waals surface area contributed by atoms with E-state index in [0.717, 1.165) is 32.5 Å². The van der Waals surface area contributed by atoms with Crippen LogP contribution in [0.15, 0.2) is 0 Å². The third-order valence-corrected chi connectivity index (χ3v) is 2.76. The zero-order valence-electron chi connectivity index (χ0n) is 11.1. The summed E-state index contributed by atoms with van der Waals surface area (Å²) in [6.45, 7) is 9.21. The maximum Gasteiger partial charge on any atom is 0.315 e. The molecule has 0 bridgehead atoms. The van der Waals surface area contributed by atoms with Crippen LogP contribution < -0.4 is 10.6 Å². The van der Waals surface area contributed by atoms with Gasteiger partial charge in [-0.25, -0.2) is 4.79 Å². The number of carbonyl (C=O) groups is 1. The first-order chi connectivity index (χ1) is 7.87.